The number of aryl methyl sites for hydroxylation is 1. The molecule has 0 N–H and O–H groups in total. The van der Waals surface area contributed by atoms with Crippen molar-refractivity contribution in [3.8, 4) is 0 Å². The number of alkyl halides is 3. The van der Waals surface area contributed by atoms with Crippen LogP contribution in [0.5, 0.6) is 0 Å². The second-order valence-corrected chi connectivity index (χ2v) is 8.56. The van der Waals surface area contributed by atoms with E-state index in [4.69, 9.17) is 10.7 Å². The molecule has 5 heteroatoms. The van der Waals surface area contributed by atoms with Gasteiger partial charge >= 0.3 is 5.51 Å². The molecule has 0 saturated carbocycles. The van der Waals surface area contributed by atoms with E-state index in [1.807, 2.05) is 6.07 Å². The minimum Gasteiger partial charge on any atom is -0.160 e. The molecule has 1 aromatic carbocycles. The van der Waals surface area contributed by atoms with Gasteiger partial charge in [0.2, 0.25) is 0 Å². The summed E-state index contributed by atoms with van der Waals surface area (Å²) in [6, 6.07) is 5.10. The maximum atomic E-state index is 13.4. The summed E-state index contributed by atoms with van der Waals surface area (Å²) in [6.45, 7) is 5.28. The average Bonchev–Trinajstić information content (AvgIpc) is 2.53. The van der Waals surface area contributed by atoms with Crippen molar-refractivity contribution >= 4 is 26.0 Å². The van der Waals surface area contributed by atoms with Crippen LogP contribution >= 0.6 is 19.9 Å². The van der Waals surface area contributed by atoms with Gasteiger partial charge in [0.25, 0.3) is 0 Å². The third-order valence-electron chi connectivity index (χ3n) is 2.98. The molecule has 0 amide bonds. The van der Waals surface area contributed by atoms with Crippen LogP contribution in [0.25, 0.3) is 6.08 Å². The van der Waals surface area contributed by atoms with Crippen LogP contribution in [0.1, 0.15) is 25.0 Å². The molecule has 18 heavy (non-hydrogen) atoms. The van der Waals surface area contributed by atoms with Crippen molar-refractivity contribution in [2.45, 2.75) is 31.2 Å². The Bertz CT molecular complexity index is 519. The van der Waals surface area contributed by atoms with Gasteiger partial charge in [0.05, 0.1) is 0 Å². The van der Waals surface area contributed by atoms with E-state index in [0.717, 1.165) is 5.56 Å². The van der Waals surface area contributed by atoms with E-state index in [1.54, 1.807) is 39.0 Å². The van der Waals surface area contributed by atoms with Crippen molar-refractivity contribution in [1.29, 1.82) is 0 Å². The van der Waals surface area contributed by atoms with Crippen LogP contribution in [0, 0.1) is 12.8 Å². The Hall–Kier alpha value is -0.610. The number of halogens is 4. The fourth-order valence-corrected chi connectivity index (χ4v) is 5.69. The summed E-state index contributed by atoms with van der Waals surface area (Å²) in [5.41, 5.74) is -3.01. The first-order valence-corrected chi connectivity index (χ1v) is 8.05. The third kappa shape index (κ3) is 1.86. The van der Waals surface area contributed by atoms with Gasteiger partial charge in [0, 0.05) is 4.90 Å². The summed E-state index contributed by atoms with van der Waals surface area (Å²) in [5, 5.41) is 0. The lowest BCUT2D eigenvalue weighted by Crippen LogP contribution is -2.18. The molecule has 0 bridgehead atoms. The summed E-state index contributed by atoms with van der Waals surface area (Å²) in [4.78, 5) is 0.539. The number of hydrogen-bond acceptors (Lipinski definition) is 0. The Kier molecular flexibility index (Phi) is 3.23. The fraction of sp³-hybridized carbons (Fsp3) is 0.385. The van der Waals surface area contributed by atoms with Crippen LogP contribution in [0.3, 0.4) is 0 Å². The molecule has 1 unspecified atom stereocenters. The minimum atomic E-state index is -4.41. The largest absolute Gasteiger partial charge is 0.445 e. The number of hydrogen-bond donors (Lipinski definition) is 0. The lowest BCUT2D eigenvalue weighted by molar-refractivity contribution is -0.0360. The normalized spacial score (nSPS) is 26.8. The summed E-state index contributed by atoms with van der Waals surface area (Å²) in [7, 11) is 2.69. The van der Waals surface area contributed by atoms with Crippen molar-refractivity contribution in [1.82, 2.24) is 0 Å². The van der Waals surface area contributed by atoms with Gasteiger partial charge < -0.3 is 0 Å². The van der Waals surface area contributed by atoms with Crippen LogP contribution in [0.2, 0.25) is 0 Å². The standard InChI is InChI=1S/C13H14ClF3S/c1-8(2)11-7-10-5-4-9(3)6-12(10)18(11,14)13(15,16)17/h4-8H,1-3H3. The molecule has 100 valence electrons. The van der Waals surface area contributed by atoms with E-state index in [9.17, 15) is 13.2 Å². The zero-order valence-electron chi connectivity index (χ0n) is 10.3. The summed E-state index contributed by atoms with van der Waals surface area (Å²) in [6.07, 6.45) is 1.61. The van der Waals surface area contributed by atoms with Crippen LogP contribution < -0.4 is 0 Å². The quantitative estimate of drug-likeness (QED) is 0.610. The van der Waals surface area contributed by atoms with Crippen LogP contribution in [0.15, 0.2) is 28.0 Å². The molecule has 0 saturated heterocycles. The molecular formula is C13H14ClF3S. The Morgan fingerprint density at radius 2 is 1.83 bits per heavy atom. The fourth-order valence-electron chi connectivity index (χ4n) is 2.12. The lowest BCUT2D eigenvalue weighted by atomic mass is 10.1. The third-order valence-corrected chi connectivity index (χ3v) is 7.38. The average molecular weight is 295 g/mol. The van der Waals surface area contributed by atoms with Gasteiger partial charge in [-0.1, -0.05) is 26.0 Å². The Morgan fingerprint density at radius 1 is 1.22 bits per heavy atom. The molecule has 0 fully saturated rings. The van der Waals surface area contributed by atoms with Gasteiger partial charge in [-0.05, 0) is 60.9 Å². The van der Waals surface area contributed by atoms with Crippen molar-refractivity contribution in [2.75, 3.05) is 0 Å². The summed E-state index contributed by atoms with van der Waals surface area (Å²) in [5.74, 6) is -0.216. The van der Waals surface area contributed by atoms with E-state index in [1.165, 1.54) is 0 Å². The molecule has 1 heterocycles. The van der Waals surface area contributed by atoms with Gasteiger partial charge in [-0.25, -0.2) is 0 Å². The van der Waals surface area contributed by atoms with Crippen molar-refractivity contribution in [3.05, 3.63) is 34.2 Å². The highest BCUT2D eigenvalue weighted by molar-refractivity contribution is 8.54. The zero-order valence-corrected chi connectivity index (χ0v) is 11.9. The zero-order chi connectivity index (χ0) is 13.7. The van der Waals surface area contributed by atoms with Gasteiger partial charge in [0.15, 0.2) is 0 Å². The van der Waals surface area contributed by atoms with Crippen LogP contribution in [-0.2, 0) is 0 Å². The number of allylic oxidation sites excluding steroid dienone is 1. The number of rotatable bonds is 1. The first kappa shape index (κ1) is 13.8. The Balaban J connectivity index is 2.70. The smallest absolute Gasteiger partial charge is 0.160 e. The molecule has 1 aromatic rings. The first-order chi connectivity index (χ1) is 8.18. The van der Waals surface area contributed by atoms with Crippen molar-refractivity contribution in [2.24, 2.45) is 5.92 Å². The van der Waals surface area contributed by atoms with E-state index >= 15 is 0 Å². The highest BCUT2D eigenvalue weighted by Crippen LogP contribution is 2.80. The number of benzene rings is 1. The maximum Gasteiger partial charge on any atom is 0.445 e. The summed E-state index contributed by atoms with van der Waals surface area (Å²) < 4.78 is 40.3. The second-order valence-electron chi connectivity index (χ2n) is 4.73. The summed E-state index contributed by atoms with van der Waals surface area (Å²) >= 11 is 0. The molecule has 0 radical (unpaired) electrons. The van der Waals surface area contributed by atoms with E-state index in [0.29, 0.717) is 10.5 Å². The minimum absolute atomic E-state index is 0.216. The molecule has 1 atom stereocenters. The van der Waals surface area contributed by atoms with Gasteiger partial charge in [0.1, 0.15) is 0 Å². The Labute approximate surface area is 111 Å². The van der Waals surface area contributed by atoms with E-state index in [-0.39, 0.29) is 10.8 Å². The molecule has 2 rings (SSSR count). The first-order valence-electron chi connectivity index (χ1n) is 5.59. The topological polar surface area (TPSA) is 0 Å². The molecule has 1 aliphatic rings. The monoisotopic (exact) mass is 294 g/mol. The van der Waals surface area contributed by atoms with Crippen LogP contribution in [-0.4, -0.2) is 5.51 Å². The van der Waals surface area contributed by atoms with Crippen molar-refractivity contribution < 1.29 is 13.2 Å². The molecule has 0 aromatic heterocycles. The highest BCUT2D eigenvalue weighted by atomic mass is 35.7. The van der Waals surface area contributed by atoms with Gasteiger partial charge in [-0.15, -0.1) is 0 Å². The highest BCUT2D eigenvalue weighted by Gasteiger charge is 2.56. The molecule has 0 spiro atoms. The van der Waals surface area contributed by atoms with Gasteiger partial charge in [-0.3, -0.25) is 0 Å². The molecule has 1 aliphatic heterocycles. The number of fused-ring (bicyclic) bond motifs is 1. The van der Waals surface area contributed by atoms with Crippen molar-refractivity contribution in [3.63, 3.8) is 0 Å². The predicted molar refractivity (Wildman–Crippen MR) is 71.8 cm³/mol. The Morgan fingerprint density at radius 3 is 2.33 bits per heavy atom. The molecule has 0 aliphatic carbocycles. The molecular weight excluding hydrogens is 281 g/mol. The predicted octanol–water partition coefficient (Wildman–Crippen LogP) is 5.84. The SMILES string of the molecule is Cc1ccc2c(c1)S(Cl)(C(F)(F)F)C(C(C)C)=C2. The van der Waals surface area contributed by atoms with E-state index in [2.05, 4.69) is 0 Å². The molecule has 0 nitrogen and oxygen atoms in total. The maximum absolute atomic E-state index is 13.4. The lowest BCUT2D eigenvalue weighted by Gasteiger charge is -2.36. The van der Waals surface area contributed by atoms with Gasteiger partial charge in [-0.2, -0.15) is 13.2 Å². The second kappa shape index (κ2) is 4.20. The van der Waals surface area contributed by atoms with E-state index < -0.39 is 14.7 Å². The van der Waals surface area contributed by atoms with Crippen LogP contribution in [0.4, 0.5) is 13.2 Å².